The third-order valence-electron chi connectivity index (χ3n) is 4.51. The molecule has 1 aromatic heterocycles. The van der Waals surface area contributed by atoms with E-state index in [-0.39, 0.29) is 22.5 Å². The molecule has 126 valence electrons. The monoisotopic (exact) mass is 343 g/mol. The van der Waals surface area contributed by atoms with E-state index in [9.17, 15) is 17.6 Å². The standard InChI is InChI=1S/C20H13F4N/c1-11-10-14(20(22,23)24)18-16(12-6-3-2-4-7-12)13-8-5-9-15(21)17(13)19(18)25-11/h2-10,16H,1H3. The topological polar surface area (TPSA) is 12.9 Å². The Morgan fingerprint density at radius 2 is 1.68 bits per heavy atom. The minimum absolute atomic E-state index is 0.0319. The summed E-state index contributed by atoms with van der Waals surface area (Å²) < 4.78 is 55.6. The van der Waals surface area contributed by atoms with Gasteiger partial charge in [-0.15, -0.1) is 0 Å². The summed E-state index contributed by atoms with van der Waals surface area (Å²) in [6.45, 7) is 1.49. The second kappa shape index (κ2) is 5.41. The van der Waals surface area contributed by atoms with Crippen molar-refractivity contribution in [2.45, 2.75) is 19.0 Å². The van der Waals surface area contributed by atoms with Crippen molar-refractivity contribution in [2.24, 2.45) is 0 Å². The Bertz CT molecular complexity index is 961. The van der Waals surface area contributed by atoms with Gasteiger partial charge in [-0.1, -0.05) is 42.5 Å². The highest BCUT2D eigenvalue weighted by atomic mass is 19.4. The maximum atomic E-state index is 14.5. The summed E-state index contributed by atoms with van der Waals surface area (Å²) in [5.74, 6) is -1.24. The van der Waals surface area contributed by atoms with Crippen molar-refractivity contribution < 1.29 is 17.6 Å². The number of hydrogen-bond acceptors (Lipinski definition) is 1. The minimum Gasteiger partial charge on any atom is -0.253 e. The van der Waals surface area contributed by atoms with E-state index < -0.39 is 23.5 Å². The maximum absolute atomic E-state index is 14.5. The van der Waals surface area contributed by atoms with Gasteiger partial charge in [-0.3, -0.25) is 4.98 Å². The lowest BCUT2D eigenvalue weighted by Gasteiger charge is -2.19. The number of benzene rings is 2. The molecule has 0 saturated carbocycles. The van der Waals surface area contributed by atoms with Crippen molar-refractivity contribution >= 4 is 0 Å². The zero-order chi connectivity index (χ0) is 17.8. The minimum atomic E-state index is -4.54. The predicted molar refractivity (Wildman–Crippen MR) is 86.8 cm³/mol. The Hall–Kier alpha value is -2.69. The molecule has 5 heteroatoms. The van der Waals surface area contributed by atoms with Crippen LogP contribution in [0, 0.1) is 12.7 Å². The van der Waals surface area contributed by atoms with E-state index >= 15 is 0 Å². The van der Waals surface area contributed by atoms with Gasteiger partial charge in [0.25, 0.3) is 0 Å². The average molecular weight is 343 g/mol. The fraction of sp³-hybridized carbons (Fsp3) is 0.150. The Labute approximate surface area is 142 Å². The van der Waals surface area contributed by atoms with Crippen LogP contribution in [-0.4, -0.2) is 4.98 Å². The highest BCUT2D eigenvalue weighted by molar-refractivity contribution is 5.80. The molecule has 1 nitrogen and oxygen atoms in total. The normalized spacial score (nSPS) is 15.8. The van der Waals surface area contributed by atoms with E-state index in [1.54, 1.807) is 36.4 Å². The van der Waals surface area contributed by atoms with Crippen LogP contribution in [0.15, 0.2) is 54.6 Å². The molecule has 3 aromatic rings. The van der Waals surface area contributed by atoms with Crippen molar-refractivity contribution in [3.63, 3.8) is 0 Å². The van der Waals surface area contributed by atoms with Gasteiger partial charge in [0.1, 0.15) is 5.82 Å². The lowest BCUT2D eigenvalue weighted by Crippen LogP contribution is -2.13. The summed E-state index contributed by atoms with van der Waals surface area (Å²) in [6, 6.07) is 14.3. The molecule has 1 aliphatic rings. The molecule has 0 saturated heterocycles. The number of rotatable bonds is 1. The molecule has 0 aliphatic heterocycles. The molecule has 1 atom stereocenters. The summed E-state index contributed by atoms with van der Waals surface area (Å²) >= 11 is 0. The van der Waals surface area contributed by atoms with E-state index in [1.807, 2.05) is 0 Å². The third kappa shape index (κ3) is 2.42. The third-order valence-corrected chi connectivity index (χ3v) is 4.51. The Balaban J connectivity index is 2.12. The number of hydrogen-bond donors (Lipinski definition) is 0. The summed E-state index contributed by atoms with van der Waals surface area (Å²) in [5, 5.41) is 0. The van der Waals surface area contributed by atoms with Crippen LogP contribution in [0.5, 0.6) is 0 Å². The lowest BCUT2D eigenvalue weighted by molar-refractivity contribution is -0.138. The number of aryl methyl sites for hydroxylation is 1. The lowest BCUT2D eigenvalue weighted by atomic mass is 9.87. The van der Waals surface area contributed by atoms with Crippen LogP contribution in [0.1, 0.15) is 33.9 Å². The van der Waals surface area contributed by atoms with Crippen LogP contribution in [0.25, 0.3) is 11.3 Å². The number of halogens is 4. The van der Waals surface area contributed by atoms with Gasteiger partial charge in [-0.2, -0.15) is 13.2 Å². The van der Waals surface area contributed by atoms with Gasteiger partial charge in [-0.05, 0) is 30.2 Å². The molecule has 0 spiro atoms. The van der Waals surface area contributed by atoms with Crippen molar-refractivity contribution in [1.82, 2.24) is 4.98 Å². The van der Waals surface area contributed by atoms with Gasteiger partial charge < -0.3 is 0 Å². The number of alkyl halides is 3. The Morgan fingerprint density at radius 3 is 2.36 bits per heavy atom. The second-order valence-corrected chi connectivity index (χ2v) is 6.12. The quantitative estimate of drug-likeness (QED) is 0.404. The van der Waals surface area contributed by atoms with E-state index in [0.29, 0.717) is 11.1 Å². The first-order chi connectivity index (χ1) is 11.9. The molecule has 4 rings (SSSR count). The van der Waals surface area contributed by atoms with E-state index in [2.05, 4.69) is 4.98 Å². The first-order valence-electron chi connectivity index (χ1n) is 7.80. The molecule has 2 aromatic carbocycles. The van der Waals surface area contributed by atoms with Crippen molar-refractivity contribution in [3.05, 3.63) is 88.4 Å². The smallest absolute Gasteiger partial charge is 0.253 e. The van der Waals surface area contributed by atoms with Crippen LogP contribution in [0.4, 0.5) is 17.6 Å². The van der Waals surface area contributed by atoms with Crippen LogP contribution >= 0.6 is 0 Å². The molecule has 25 heavy (non-hydrogen) atoms. The van der Waals surface area contributed by atoms with Gasteiger partial charge >= 0.3 is 6.18 Å². The Kier molecular flexibility index (Phi) is 3.42. The van der Waals surface area contributed by atoms with Gasteiger partial charge in [0.2, 0.25) is 0 Å². The number of fused-ring (bicyclic) bond motifs is 3. The van der Waals surface area contributed by atoms with Crippen LogP contribution in [0.2, 0.25) is 0 Å². The highest BCUT2D eigenvalue weighted by Gasteiger charge is 2.43. The Morgan fingerprint density at radius 1 is 0.960 bits per heavy atom. The number of nitrogens with zero attached hydrogens (tertiary/aromatic N) is 1. The summed E-state index contributed by atoms with van der Waals surface area (Å²) in [7, 11) is 0. The molecular weight excluding hydrogens is 330 g/mol. The first-order valence-corrected chi connectivity index (χ1v) is 7.80. The number of aromatic nitrogens is 1. The highest BCUT2D eigenvalue weighted by Crippen LogP contribution is 2.52. The fourth-order valence-corrected chi connectivity index (χ4v) is 3.58. The molecule has 0 N–H and O–H groups in total. The second-order valence-electron chi connectivity index (χ2n) is 6.12. The summed E-state index contributed by atoms with van der Waals surface area (Å²) in [4.78, 5) is 4.27. The molecule has 0 fully saturated rings. The van der Waals surface area contributed by atoms with Gasteiger partial charge in [-0.25, -0.2) is 4.39 Å². The molecule has 0 bridgehead atoms. The molecule has 1 aliphatic carbocycles. The van der Waals surface area contributed by atoms with Crippen molar-refractivity contribution in [2.75, 3.05) is 0 Å². The molecular formula is C20H13F4N. The largest absolute Gasteiger partial charge is 0.416 e. The first kappa shape index (κ1) is 15.8. The van der Waals surface area contributed by atoms with E-state index in [1.165, 1.54) is 19.1 Å². The molecule has 0 amide bonds. The predicted octanol–water partition coefficient (Wildman–Crippen LogP) is 5.71. The van der Waals surface area contributed by atoms with Crippen molar-refractivity contribution in [1.29, 1.82) is 0 Å². The van der Waals surface area contributed by atoms with Gasteiger partial charge in [0.15, 0.2) is 0 Å². The van der Waals surface area contributed by atoms with Gasteiger partial charge in [0, 0.05) is 22.7 Å². The zero-order valence-electron chi connectivity index (χ0n) is 13.2. The molecule has 1 unspecified atom stereocenters. The maximum Gasteiger partial charge on any atom is 0.416 e. The number of pyridine rings is 1. The summed E-state index contributed by atoms with van der Waals surface area (Å²) in [5.41, 5.74) is 0.960. The van der Waals surface area contributed by atoms with Crippen molar-refractivity contribution in [3.8, 4) is 11.3 Å². The van der Waals surface area contributed by atoms with Crippen LogP contribution in [-0.2, 0) is 6.18 Å². The molecule has 1 heterocycles. The SMILES string of the molecule is Cc1cc(C(F)(F)F)c2c(n1)-c1c(F)cccc1C2c1ccccc1. The average Bonchev–Trinajstić information content (AvgIpc) is 2.89. The zero-order valence-corrected chi connectivity index (χ0v) is 13.2. The van der Waals surface area contributed by atoms with E-state index in [4.69, 9.17) is 0 Å². The van der Waals surface area contributed by atoms with Crippen LogP contribution in [0.3, 0.4) is 0 Å². The molecule has 0 radical (unpaired) electrons. The van der Waals surface area contributed by atoms with Gasteiger partial charge in [0.05, 0.1) is 11.3 Å². The van der Waals surface area contributed by atoms with E-state index in [0.717, 1.165) is 6.07 Å². The van der Waals surface area contributed by atoms with Crippen LogP contribution < -0.4 is 0 Å². The summed E-state index contributed by atoms with van der Waals surface area (Å²) in [6.07, 6.45) is -4.54. The fourth-order valence-electron chi connectivity index (χ4n) is 3.58.